The van der Waals surface area contributed by atoms with Gasteiger partial charge in [-0.1, -0.05) is 26.0 Å². The van der Waals surface area contributed by atoms with Crippen LogP contribution in [0.1, 0.15) is 47.7 Å². The Kier molecular flexibility index (Phi) is 7.27. The minimum atomic E-state index is -4.88. The minimum Gasteiger partial charge on any atom is -0.360 e. The number of rotatable bonds is 7. The molecule has 1 amide bonds. The quantitative estimate of drug-likeness (QED) is 0.310. The first-order valence-electron chi connectivity index (χ1n) is 10.5. The van der Waals surface area contributed by atoms with Gasteiger partial charge in [-0.2, -0.15) is 26.3 Å². The minimum absolute atomic E-state index is 0.0924. The van der Waals surface area contributed by atoms with Crippen LogP contribution in [0.5, 0.6) is 0 Å². The average molecular weight is 497 g/mol. The third-order valence-electron chi connectivity index (χ3n) is 5.18. The van der Waals surface area contributed by atoms with Crippen LogP contribution >= 0.6 is 0 Å². The monoisotopic (exact) mass is 497 g/mol. The summed E-state index contributed by atoms with van der Waals surface area (Å²) in [6.45, 7) is 5.72. The van der Waals surface area contributed by atoms with Gasteiger partial charge in [-0.3, -0.25) is 9.59 Å². The number of aromatic amines is 1. The highest BCUT2D eigenvalue weighted by Crippen LogP contribution is 2.37. The Morgan fingerprint density at radius 1 is 1.00 bits per heavy atom. The predicted octanol–water partition coefficient (Wildman–Crippen LogP) is 6.93. The van der Waals surface area contributed by atoms with Gasteiger partial charge in [0.15, 0.2) is 0 Å². The van der Waals surface area contributed by atoms with E-state index in [9.17, 15) is 35.9 Å². The van der Waals surface area contributed by atoms with Crippen LogP contribution in [0.25, 0.3) is 10.9 Å². The molecule has 0 aliphatic rings. The van der Waals surface area contributed by atoms with Crippen molar-refractivity contribution in [3.63, 3.8) is 0 Å². The molecule has 3 aromatic rings. The highest BCUT2D eigenvalue weighted by Gasteiger charge is 2.36. The third-order valence-corrected chi connectivity index (χ3v) is 5.18. The van der Waals surface area contributed by atoms with Crippen molar-refractivity contribution in [3.05, 3.63) is 81.8 Å². The Hall–Kier alpha value is -3.76. The van der Waals surface area contributed by atoms with Crippen LogP contribution in [0.4, 0.5) is 37.7 Å². The standard InChI is InChI=1S/C24H21F6N3O2/c1-3-4-6-13(2)32-14-9-10-18(17(11-14)24(28,29)30)33-22(35)15-12-31-19-8-5-7-16(23(25,26)27)20(19)21(15)34/h5,7-12,32H,2-4,6H2,1H3,(H,31,34)(H,33,35). The van der Waals surface area contributed by atoms with E-state index in [1.807, 2.05) is 12.2 Å². The Morgan fingerprint density at radius 3 is 2.31 bits per heavy atom. The van der Waals surface area contributed by atoms with Gasteiger partial charge in [0.1, 0.15) is 5.56 Å². The summed E-state index contributed by atoms with van der Waals surface area (Å²) in [7, 11) is 0. The van der Waals surface area contributed by atoms with E-state index in [0.29, 0.717) is 18.2 Å². The van der Waals surface area contributed by atoms with E-state index in [2.05, 4.69) is 16.9 Å². The molecular formula is C24H21F6N3O2. The number of nitrogens with one attached hydrogen (secondary N) is 3. The molecule has 0 saturated heterocycles. The van der Waals surface area contributed by atoms with E-state index in [4.69, 9.17) is 0 Å². The van der Waals surface area contributed by atoms with Gasteiger partial charge in [0.25, 0.3) is 5.91 Å². The first-order chi connectivity index (χ1) is 16.3. The first kappa shape index (κ1) is 25.9. The van der Waals surface area contributed by atoms with Gasteiger partial charge >= 0.3 is 12.4 Å². The fraction of sp³-hybridized carbons (Fsp3) is 0.250. The van der Waals surface area contributed by atoms with Crippen LogP contribution in [0.2, 0.25) is 0 Å². The summed E-state index contributed by atoms with van der Waals surface area (Å²) in [6, 6.07) is 6.04. The van der Waals surface area contributed by atoms with Gasteiger partial charge in [0.2, 0.25) is 5.43 Å². The molecule has 2 aromatic carbocycles. The molecule has 0 aliphatic heterocycles. The maximum atomic E-state index is 13.7. The maximum Gasteiger partial charge on any atom is 0.418 e. The number of aromatic nitrogens is 1. The van der Waals surface area contributed by atoms with Crippen LogP contribution in [0, 0.1) is 0 Å². The SMILES string of the molecule is C=C(CCCC)Nc1ccc(NC(=O)c2c[nH]c3cccc(C(F)(F)F)c3c2=O)c(C(F)(F)F)c1. The number of hydrogen-bond acceptors (Lipinski definition) is 3. The van der Waals surface area contributed by atoms with Gasteiger partial charge in [0.05, 0.1) is 22.2 Å². The molecular weight excluding hydrogens is 476 g/mol. The average Bonchev–Trinajstić information content (AvgIpc) is 2.77. The van der Waals surface area contributed by atoms with Crippen molar-refractivity contribution in [2.75, 3.05) is 10.6 Å². The van der Waals surface area contributed by atoms with E-state index in [1.165, 1.54) is 12.1 Å². The van der Waals surface area contributed by atoms with E-state index in [0.717, 1.165) is 37.2 Å². The van der Waals surface area contributed by atoms with Crippen molar-refractivity contribution in [2.45, 2.75) is 38.5 Å². The Morgan fingerprint density at radius 2 is 1.69 bits per heavy atom. The zero-order valence-electron chi connectivity index (χ0n) is 18.5. The van der Waals surface area contributed by atoms with Crippen molar-refractivity contribution >= 4 is 28.2 Å². The molecule has 0 radical (unpaired) electrons. The number of halogens is 6. The summed E-state index contributed by atoms with van der Waals surface area (Å²) in [5.41, 5.74) is -4.71. The molecule has 1 heterocycles. The lowest BCUT2D eigenvalue weighted by molar-refractivity contribution is -0.137. The number of unbranched alkanes of at least 4 members (excludes halogenated alkanes) is 1. The van der Waals surface area contributed by atoms with E-state index >= 15 is 0 Å². The summed E-state index contributed by atoms with van der Waals surface area (Å²) in [6.07, 6.45) is -6.66. The fourth-order valence-corrected chi connectivity index (χ4v) is 3.48. The molecule has 0 unspecified atom stereocenters. The topological polar surface area (TPSA) is 74.0 Å². The molecule has 1 aromatic heterocycles. The van der Waals surface area contributed by atoms with Crippen molar-refractivity contribution < 1.29 is 31.1 Å². The number of anilines is 2. The lowest BCUT2D eigenvalue weighted by Crippen LogP contribution is -2.25. The molecule has 0 spiro atoms. The number of carbonyl (C=O) groups excluding carboxylic acids is 1. The van der Waals surface area contributed by atoms with E-state index in [-0.39, 0.29) is 11.2 Å². The molecule has 3 N–H and O–H groups in total. The summed E-state index contributed by atoms with van der Waals surface area (Å²) in [4.78, 5) is 27.9. The normalized spacial score (nSPS) is 12.0. The maximum absolute atomic E-state index is 13.7. The molecule has 186 valence electrons. The van der Waals surface area contributed by atoms with Crippen LogP contribution < -0.4 is 16.1 Å². The number of H-pyrrole nitrogens is 1. The molecule has 0 atom stereocenters. The summed E-state index contributed by atoms with van der Waals surface area (Å²) < 4.78 is 81.2. The molecule has 35 heavy (non-hydrogen) atoms. The number of benzene rings is 2. The lowest BCUT2D eigenvalue weighted by Gasteiger charge is -2.17. The zero-order chi connectivity index (χ0) is 26.0. The first-order valence-corrected chi connectivity index (χ1v) is 10.5. The van der Waals surface area contributed by atoms with Crippen molar-refractivity contribution in [1.82, 2.24) is 4.98 Å². The summed E-state index contributed by atoms with van der Waals surface area (Å²) in [5, 5.41) is 4.00. The van der Waals surface area contributed by atoms with Crippen molar-refractivity contribution in [3.8, 4) is 0 Å². The second-order valence-corrected chi connectivity index (χ2v) is 7.80. The lowest BCUT2D eigenvalue weighted by atomic mass is 10.0. The molecule has 0 bridgehead atoms. The molecule has 5 nitrogen and oxygen atoms in total. The highest BCUT2D eigenvalue weighted by atomic mass is 19.4. The van der Waals surface area contributed by atoms with Crippen LogP contribution in [-0.2, 0) is 12.4 Å². The van der Waals surface area contributed by atoms with E-state index < -0.39 is 51.5 Å². The molecule has 0 aliphatic carbocycles. The summed E-state index contributed by atoms with van der Waals surface area (Å²) >= 11 is 0. The molecule has 0 fully saturated rings. The van der Waals surface area contributed by atoms with Crippen LogP contribution in [0.3, 0.4) is 0 Å². The zero-order valence-corrected chi connectivity index (χ0v) is 18.5. The molecule has 11 heteroatoms. The molecule has 3 rings (SSSR count). The second kappa shape index (κ2) is 9.85. The van der Waals surface area contributed by atoms with Crippen LogP contribution in [0.15, 0.2) is 59.7 Å². The number of allylic oxidation sites excluding steroid dienone is 1. The van der Waals surface area contributed by atoms with Gasteiger partial charge in [0, 0.05) is 23.1 Å². The smallest absolute Gasteiger partial charge is 0.360 e. The third kappa shape index (κ3) is 5.84. The number of amides is 1. The van der Waals surface area contributed by atoms with Gasteiger partial charge in [-0.15, -0.1) is 0 Å². The van der Waals surface area contributed by atoms with Crippen molar-refractivity contribution in [1.29, 1.82) is 0 Å². The Labute approximate surface area is 195 Å². The molecule has 0 saturated carbocycles. The number of alkyl halides is 6. The number of fused-ring (bicyclic) bond motifs is 1. The van der Waals surface area contributed by atoms with E-state index in [1.54, 1.807) is 0 Å². The predicted molar refractivity (Wildman–Crippen MR) is 121 cm³/mol. The van der Waals surface area contributed by atoms with Gasteiger partial charge in [-0.05, 0) is 43.2 Å². The Bertz CT molecular complexity index is 1330. The largest absolute Gasteiger partial charge is 0.418 e. The van der Waals surface area contributed by atoms with Gasteiger partial charge in [-0.25, -0.2) is 0 Å². The van der Waals surface area contributed by atoms with Crippen molar-refractivity contribution in [2.24, 2.45) is 0 Å². The summed E-state index contributed by atoms with van der Waals surface area (Å²) in [5.74, 6) is -1.29. The fourth-order valence-electron chi connectivity index (χ4n) is 3.48. The Balaban J connectivity index is 1.98. The number of carbonyl (C=O) groups is 1. The number of pyridine rings is 1. The number of hydrogen-bond donors (Lipinski definition) is 3. The van der Waals surface area contributed by atoms with Crippen LogP contribution in [-0.4, -0.2) is 10.9 Å². The highest BCUT2D eigenvalue weighted by molar-refractivity contribution is 6.06. The second-order valence-electron chi connectivity index (χ2n) is 7.80. The van der Waals surface area contributed by atoms with Gasteiger partial charge < -0.3 is 15.6 Å².